The lowest BCUT2D eigenvalue weighted by Crippen LogP contribution is -2.43. The normalized spacial score (nSPS) is 19.7. The third-order valence-corrected chi connectivity index (χ3v) is 6.92. The van der Waals surface area contributed by atoms with Gasteiger partial charge < -0.3 is 15.0 Å². The predicted molar refractivity (Wildman–Crippen MR) is 138 cm³/mol. The molecule has 1 aromatic heterocycles. The molecule has 35 heavy (non-hydrogen) atoms. The molecule has 6 heteroatoms. The van der Waals surface area contributed by atoms with Gasteiger partial charge in [-0.25, -0.2) is 4.79 Å². The van der Waals surface area contributed by atoms with E-state index in [1.165, 1.54) is 5.56 Å². The number of fused-ring (bicyclic) bond motifs is 1. The fourth-order valence-corrected chi connectivity index (χ4v) is 5.06. The number of nitrogens with one attached hydrogen (secondary N) is 1. The number of ether oxygens (including phenoxy) is 1. The number of carbonyl (C=O) groups excluding carboxylic acids is 1. The Labute approximate surface area is 206 Å². The Balaban J connectivity index is 1.26. The van der Waals surface area contributed by atoms with Crippen molar-refractivity contribution in [1.29, 1.82) is 0 Å². The zero-order chi connectivity index (χ0) is 24.0. The lowest BCUT2D eigenvalue weighted by Gasteiger charge is -2.30. The van der Waals surface area contributed by atoms with E-state index in [0.717, 1.165) is 61.6 Å². The standard InChI is InChI=1S/C29H30N4O2/c1-35-26-13-11-25(12-14-26)31-29(34)33-18-3-17-32-19-15-27(28(32)21-33)24-9-7-22(8-10-24)5-6-23-4-2-16-30-20-23/h2,4,7-14,16,20,27-28H,3,15,17-19,21H2,1H3,(H,31,34)/t27-,28+/m1/s1. The van der Waals surface area contributed by atoms with Crippen LogP contribution in [0, 0.1) is 11.8 Å². The van der Waals surface area contributed by atoms with Gasteiger partial charge in [-0.1, -0.05) is 24.0 Å². The molecule has 6 nitrogen and oxygen atoms in total. The molecule has 2 atom stereocenters. The van der Waals surface area contributed by atoms with Crippen LogP contribution in [-0.4, -0.2) is 60.1 Å². The highest BCUT2D eigenvalue weighted by Crippen LogP contribution is 2.35. The first kappa shape index (κ1) is 22.9. The predicted octanol–water partition coefficient (Wildman–Crippen LogP) is 4.59. The van der Waals surface area contributed by atoms with Crippen molar-refractivity contribution in [1.82, 2.24) is 14.8 Å². The number of urea groups is 1. The number of rotatable bonds is 3. The molecule has 5 rings (SSSR count). The van der Waals surface area contributed by atoms with Gasteiger partial charge in [-0.2, -0.15) is 0 Å². The fourth-order valence-electron chi connectivity index (χ4n) is 5.06. The lowest BCUT2D eigenvalue weighted by atomic mass is 9.91. The molecule has 0 radical (unpaired) electrons. The summed E-state index contributed by atoms with van der Waals surface area (Å²) in [5.74, 6) is 7.58. The molecule has 2 fully saturated rings. The van der Waals surface area contributed by atoms with Gasteiger partial charge in [-0.05, 0) is 73.5 Å². The van der Waals surface area contributed by atoms with E-state index in [4.69, 9.17) is 4.74 Å². The molecule has 2 amide bonds. The van der Waals surface area contributed by atoms with Crippen LogP contribution in [0.2, 0.25) is 0 Å². The second-order valence-electron chi connectivity index (χ2n) is 9.07. The molecule has 3 heterocycles. The molecule has 2 aromatic carbocycles. The molecule has 0 unspecified atom stereocenters. The SMILES string of the molecule is COc1ccc(NC(=O)N2CCCN3CC[C@H](c4ccc(C#Cc5cccnc5)cc4)[C@@H]3C2)cc1. The van der Waals surface area contributed by atoms with Gasteiger partial charge in [0.15, 0.2) is 0 Å². The van der Waals surface area contributed by atoms with Crippen molar-refractivity contribution in [2.24, 2.45) is 0 Å². The van der Waals surface area contributed by atoms with E-state index < -0.39 is 0 Å². The summed E-state index contributed by atoms with van der Waals surface area (Å²) in [6.45, 7) is 3.60. The Morgan fingerprint density at radius 1 is 1.00 bits per heavy atom. The summed E-state index contributed by atoms with van der Waals surface area (Å²) in [6, 6.07) is 20.2. The zero-order valence-corrected chi connectivity index (χ0v) is 20.0. The van der Waals surface area contributed by atoms with Crippen molar-refractivity contribution < 1.29 is 9.53 Å². The maximum absolute atomic E-state index is 13.1. The minimum atomic E-state index is -0.0382. The van der Waals surface area contributed by atoms with Crippen molar-refractivity contribution in [2.75, 3.05) is 38.6 Å². The number of carbonyl (C=O) groups is 1. The lowest BCUT2D eigenvalue weighted by molar-refractivity contribution is 0.197. The average Bonchev–Trinajstić information content (AvgIpc) is 3.18. The summed E-state index contributed by atoms with van der Waals surface area (Å²) in [7, 11) is 1.64. The van der Waals surface area contributed by atoms with E-state index in [1.807, 2.05) is 41.3 Å². The van der Waals surface area contributed by atoms with Crippen molar-refractivity contribution in [3.8, 4) is 17.6 Å². The maximum Gasteiger partial charge on any atom is 0.321 e. The minimum absolute atomic E-state index is 0.0382. The van der Waals surface area contributed by atoms with Crippen LogP contribution in [0.5, 0.6) is 5.75 Å². The van der Waals surface area contributed by atoms with Crippen LogP contribution in [-0.2, 0) is 0 Å². The van der Waals surface area contributed by atoms with E-state index in [2.05, 4.69) is 51.3 Å². The van der Waals surface area contributed by atoms with Crippen LogP contribution in [0.3, 0.4) is 0 Å². The Hall–Kier alpha value is -3.82. The number of aromatic nitrogens is 1. The van der Waals surface area contributed by atoms with E-state index in [0.29, 0.717) is 12.0 Å². The molecule has 0 aliphatic carbocycles. The van der Waals surface area contributed by atoms with Crippen LogP contribution in [0.15, 0.2) is 73.1 Å². The summed E-state index contributed by atoms with van der Waals surface area (Å²) in [5.41, 5.74) is 4.01. The Kier molecular flexibility index (Phi) is 6.97. The van der Waals surface area contributed by atoms with Crippen molar-refractivity contribution in [3.05, 3.63) is 89.7 Å². The molecule has 1 N–H and O–H groups in total. The summed E-state index contributed by atoms with van der Waals surface area (Å²) >= 11 is 0. The van der Waals surface area contributed by atoms with Gasteiger partial charge in [-0.3, -0.25) is 9.88 Å². The van der Waals surface area contributed by atoms with Crippen LogP contribution < -0.4 is 10.1 Å². The number of methoxy groups -OCH3 is 1. The number of pyridine rings is 1. The number of nitrogens with zero attached hydrogens (tertiary/aromatic N) is 3. The van der Waals surface area contributed by atoms with Crippen LogP contribution in [0.4, 0.5) is 10.5 Å². The third kappa shape index (κ3) is 5.47. The second-order valence-corrected chi connectivity index (χ2v) is 9.07. The number of amides is 2. The van der Waals surface area contributed by atoms with Gasteiger partial charge in [-0.15, -0.1) is 0 Å². The van der Waals surface area contributed by atoms with Crippen molar-refractivity contribution in [3.63, 3.8) is 0 Å². The molecule has 2 saturated heterocycles. The summed E-state index contributed by atoms with van der Waals surface area (Å²) in [5, 5.41) is 3.05. The van der Waals surface area contributed by atoms with Crippen LogP contribution in [0.1, 0.15) is 35.4 Å². The van der Waals surface area contributed by atoms with Gasteiger partial charge in [0.1, 0.15) is 5.75 Å². The molecule has 0 spiro atoms. The van der Waals surface area contributed by atoms with E-state index in [1.54, 1.807) is 19.5 Å². The number of hydrogen-bond acceptors (Lipinski definition) is 4. The quantitative estimate of drug-likeness (QED) is 0.574. The minimum Gasteiger partial charge on any atom is -0.497 e. The molecule has 0 bridgehead atoms. The molecule has 2 aliphatic rings. The van der Waals surface area contributed by atoms with Gasteiger partial charge >= 0.3 is 6.03 Å². The molecular weight excluding hydrogens is 436 g/mol. The highest BCUT2D eigenvalue weighted by atomic mass is 16.5. The van der Waals surface area contributed by atoms with Gasteiger partial charge in [0.25, 0.3) is 0 Å². The van der Waals surface area contributed by atoms with E-state index in [-0.39, 0.29) is 6.03 Å². The number of benzene rings is 2. The summed E-state index contributed by atoms with van der Waals surface area (Å²) in [6.07, 6.45) is 5.63. The Morgan fingerprint density at radius 2 is 1.80 bits per heavy atom. The summed E-state index contributed by atoms with van der Waals surface area (Å²) in [4.78, 5) is 21.7. The van der Waals surface area contributed by atoms with Gasteiger partial charge in [0.2, 0.25) is 0 Å². The van der Waals surface area contributed by atoms with E-state index >= 15 is 0 Å². The largest absolute Gasteiger partial charge is 0.497 e. The van der Waals surface area contributed by atoms with Crippen LogP contribution in [0.25, 0.3) is 0 Å². The van der Waals surface area contributed by atoms with Crippen LogP contribution >= 0.6 is 0 Å². The number of anilines is 1. The van der Waals surface area contributed by atoms with Gasteiger partial charge in [0.05, 0.1) is 7.11 Å². The zero-order valence-electron chi connectivity index (χ0n) is 20.0. The van der Waals surface area contributed by atoms with Gasteiger partial charge in [0, 0.05) is 60.8 Å². The molecular formula is C29H30N4O2. The molecule has 2 aliphatic heterocycles. The van der Waals surface area contributed by atoms with E-state index in [9.17, 15) is 4.79 Å². The topological polar surface area (TPSA) is 57.7 Å². The highest BCUT2D eigenvalue weighted by Gasteiger charge is 2.38. The molecule has 0 saturated carbocycles. The molecule has 178 valence electrons. The first-order valence-electron chi connectivity index (χ1n) is 12.2. The second kappa shape index (κ2) is 10.6. The Morgan fingerprint density at radius 3 is 2.54 bits per heavy atom. The van der Waals surface area contributed by atoms with Crippen molar-refractivity contribution in [2.45, 2.75) is 24.8 Å². The average molecular weight is 467 g/mol. The number of hydrogen-bond donors (Lipinski definition) is 1. The monoisotopic (exact) mass is 466 g/mol. The molecule has 3 aromatic rings. The highest BCUT2D eigenvalue weighted by molar-refractivity contribution is 5.89. The first-order valence-corrected chi connectivity index (χ1v) is 12.2. The Bertz CT molecular complexity index is 1200. The summed E-state index contributed by atoms with van der Waals surface area (Å²) < 4.78 is 5.21. The maximum atomic E-state index is 13.1. The smallest absolute Gasteiger partial charge is 0.321 e. The third-order valence-electron chi connectivity index (χ3n) is 6.92. The first-order chi connectivity index (χ1) is 17.2. The van der Waals surface area contributed by atoms with Crippen molar-refractivity contribution >= 4 is 11.7 Å². The fraction of sp³-hybridized carbons (Fsp3) is 0.310.